The van der Waals surface area contributed by atoms with Crippen molar-refractivity contribution in [1.29, 1.82) is 0 Å². The summed E-state index contributed by atoms with van der Waals surface area (Å²) in [6.07, 6.45) is 1.38. The lowest BCUT2D eigenvalue weighted by molar-refractivity contribution is -0.119. The van der Waals surface area contributed by atoms with E-state index in [9.17, 15) is 22.0 Å². The Bertz CT molecular complexity index is 1390. The molecule has 2 atom stereocenters. The standard InChI is InChI=1S/C27H25F2NO5S2/c1-17-5-3-4-6-25(17)37(32,33)30-26(31)24-15-21(18(2)34-24)16-36-23-13-9-20(10-14-23)19-7-11-22(12-8-19)35-27(28)29/h3-15,18,21,27H,16H2,1-2H3,(H,30,31). The predicted molar refractivity (Wildman–Crippen MR) is 138 cm³/mol. The van der Waals surface area contributed by atoms with Gasteiger partial charge >= 0.3 is 6.61 Å². The van der Waals surface area contributed by atoms with Crippen LogP contribution in [-0.2, 0) is 19.6 Å². The molecule has 1 heterocycles. The lowest BCUT2D eigenvalue weighted by Gasteiger charge is -2.14. The summed E-state index contributed by atoms with van der Waals surface area (Å²) in [6.45, 7) is 0.637. The second-order valence-electron chi connectivity index (χ2n) is 8.46. The minimum Gasteiger partial charge on any atom is -0.485 e. The highest BCUT2D eigenvalue weighted by atomic mass is 32.2. The van der Waals surface area contributed by atoms with Gasteiger partial charge in [0.05, 0.1) is 4.90 Å². The molecule has 0 aliphatic carbocycles. The number of sulfonamides is 1. The predicted octanol–water partition coefficient (Wildman–Crippen LogP) is 5.78. The largest absolute Gasteiger partial charge is 0.485 e. The van der Waals surface area contributed by atoms with E-state index >= 15 is 0 Å². The van der Waals surface area contributed by atoms with Crippen LogP contribution in [0.3, 0.4) is 0 Å². The maximum atomic E-state index is 12.6. The fourth-order valence-electron chi connectivity index (χ4n) is 3.82. The maximum Gasteiger partial charge on any atom is 0.387 e. The van der Waals surface area contributed by atoms with Crippen molar-refractivity contribution in [2.45, 2.75) is 36.4 Å². The first-order valence-electron chi connectivity index (χ1n) is 11.4. The van der Waals surface area contributed by atoms with Gasteiger partial charge in [-0.15, -0.1) is 11.8 Å². The normalized spacial score (nSPS) is 17.3. The number of aryl methyl sites for hydroxylation is 1. The van der Waals surface area contributed by atoms with Crippen LogP contribution in [0.1, 0.15) is 12.5 Å². The molecule has 1 N–H and O–H groups in total. The SMILES string of the molecule is Cc1ccccc1S(=O)(=O)NC(=O)C1=CC(CSc2ccc(-c3ccc(OC(F)F)cc3)cc2)C(C)O1. The van der Waals surface area contributed by atoms with Gasteiger partial charge in [-0.2, -0.15) is 8.78 Å². The summed E-state index contributed by atoms with van der Waals surface area (Å²) in [5, 5.41) is 0. The number of halogens is 2. The molecule has 10 heteroatoms. The minimum absolute atomic E-state index is 0.00937. The van der Waals surface area contributed by atoms with Gasteiger partial charge in [0, 0.05) is 16.6 Å². The Kier molecular flexibility index (Phi) is 8.19. The first-order chi connectivity index (χ1) is 17.6. The summed E-state index contributed by atoms with van der Waals surface area (Å²) in [5.41, 5.74) is 2.34. The van der Waals surface area contributed by atoms with Crippen molar-refractivity contribution < 1.29 is 31.5 Å². The second-order valence-corrected chi connectivity index (χ2v) is 11.2. The van der Waals surface area contributed by atoms with Gasteiger partial charge in [-0.3, -0.25) is 4.79 Å². The molecule has 194 valence electrons. The van der Waals surface area contributed by atoms with Crippen LogP contribution in [0.5, 0.6) is 5.75 Å². The van der Waals surface area contributed by atoms with E-state index in [1.165, 1.54) is 18.2 Å². The fraction of sp³-hybridized carbons (Fsp3) is 0.222. The molecule has 0 saturated carbocycles. The fourth-order valence-corrected chi connectivity index (χ4v) is 6.10. The van der Waals surface area contributed by atoms with Gasteiger partial charge in [0.25, 0.3) is 15.9 Å². The second kappa shape index (κ2) is 11.4. The van der Waals surface area contributed by atoms with Crippen molar-refractivity contribution in [3.8, 4) is 16.9 Å². The Hall–Kier alpha value is -3.37. The van der Waals surface area contributed by atoms with Crippen LogP contribution in [0.15, 0.2) is 94.4 Å². The third-order valence-electron chi connectivity index (χ3n) is 5.82. The Morgan fingerprint density at radius 3 is 2.27 bits per heavy atom. The van der Waals surface area contributed by atoms with Crippen LogP contribution in [0, 0.1) is 12.8 Å². The first kappa shape index (κ1) is 26.7. The highest BCUT2D eigenvalue weighted by Gasteiger charge is 2.31. The van der Waals surface area contributed by atoms with Crippen LogP contribution >= 0.6 is 11.8 Å². The van der Waals surface area contributed by atoms with E-state index in [1.54, 1.807) is 55.1 Å². The Morgan fingerprint density at radius 2 is 1.65 bits per heavy atom. The summed E-state index contributed by atoms with van der Waals surface area (Å²) in [4.78, 5) is 13.7. The number of hydrogen-bond acceptors (Lipinski definition) is 6. The van der Waals surface area contributed by atoms with E-state index in [0.717, 1.165) is 16.0 Å². The lowest BCUT2D eigenvalue weighted by atomic mass is 10.1. The molecule has 37 heavy (non-hydrogen) atoms. The van der Waals surface area contributed by atoms with Gasteiger partial charge < -0.3 is 9.47 Å². The molecule has 0 bridgehead atoms. The van der Waals surface area contributed by atoms with Crippen LogP contribution in [-0.4, -0.2) is 32.8 Å². The number of rotatable bonds is 9. The Labute approximate surface area is 218 Å². The molecule has 2 unspecified atom stereocenters. The summed E-state index contributed by atoms with van der Waals surface area (Å²) in [7, 11) is -4.02. The summed E-state index contributed by atoms with van der Waals surface area (Å²) in [6, 6.07) is 20.6. The van der Waals surface area contributed by atoms with Crippen LogP contribution in [0.25, 0.3) is 11.1 Å². The molecule has 1 amide bonds. The van der Waals surface area contributed by atoms with E-state index in [0.29, 0.717) is 11.3 Å². The topological polar surface area (TPSA) is 81.7 Å². The van der Waals surface area contributed by atoms with Gasteiger partial charge in [0.15, 0.2) is 5.76 Å². The van der Waals surface area contributed by atoms with Crippen LogP contribution < -0.4 is 9.46 Å². The van der Waals surface area contributed by atoms with Gasteiger partial charge in [0.1, 0.15) is 11.9 Å². The number of thioether (sulfide) groups is 1. The third kappa shape index (κ3) is 6.69. The molecule has 0 fully saturated rings. The van der Waals surface area contributed by atoms with Gasteiger partial charge in [-0.1, -0.05) is 42.5 Å². The van der Waals surface area contributed by atoms with E-state index < -0.39 is 22.5 Å². The number of carbonyl (C=O) groups is 1. The molecule has 4 rings (SSSR count). The number of hydrogen-bond donors (Lipinski definition) is 1. The van der Waals surface area contributed by atoms with E-state index in [4.69, 9.17) is 4.74 Å². The molecular formula is C27H25F2NO5S2. The van der Waals surface area contributed by atoms with E-state index in [-0.39, 0.29) is 28.4 Å². The zero-order valence-electron chi connectivity index (χ0n) is 20.1. The Balaban J connectivity index is 1.35. The number of carbonyl (C=O) groups excluding carboxylic acids is 1. The highest BCUT2D eigenvalue weighted by Crippen LogP contribution is 2.31. The molecule has 0 saturated heterocycles. The van der Waals surface area contributed by atoms with Crippen molar-refractivity contribution in [2.75, 3.05) is 5.75 Å². The summed E-state index contributed by atoms with van der Waals surface area (Å²) >= 11 is 1.58. The maximum absolute atomic E-state index is 12.6. The van der Waals surface area contributed by atoms with Gasteiger partial charge in [-0.25, -0.2) is 13.1 Å². The number of nitrogens with one attached hydrogen (secondary N) is 1. The average Bonchev–Trinajstić information content (AvgIpc) is 3.24. The zero-order chi connectivity index (χ0) is 26.6. The number of benzene rings is 3. The van der Waals surface area contributed by atoms with Crippen molar-refractivity contribution in [3.05, 3.63) is 90.2 Å². The smallest absolute Gasteiger partial charge is 0.387 e. The molecule has 6 nitrogen and oxygen atoms in total. The van der Waals surface area contributed by atoms with Crippen LogP contribution in [0.2, 0.25) is 0 Å². The zero-order valence-corrected chi connectivity index (χ0v) is 21.7. The molecule has 3 aromatic rings. The minimum atomic E-state index is -4.02. The third-order valence-corrected chi connectivity index (χ3v) is 8.47. The molecule has 1 aliphatic rings. The van der Waals surface area contributed by atoms with E-state index in [2.05, 4.69) is 9.46 Å². The van der Waals surface area contributed by atoms with Gasteiger partial charge in [-0.05, 0) is 66.9 Å². The highest BCUT2D eigenvalue weighted by molar-refractivity contribution is 7.99. The summed E-state index contributed by atoms with van der Waals surface area (Å²) in [5.74, 6) is -0.162. The number of alkyl halides is 2. The quantitative estimate of drug-likeness (QED) is 0.344. The van der Waals surface area contributed by atoms with Crippen molar-refractivity contribution in [2.24, 2.45) is 5.92 Å². The van der Waals surface area contributed by atoms with Crippen molar-refractivity contribution in [3.63, 3.8) is 0 Å². The number of ether oxygens (including phenoxy) is 2. The van der Waals surface area contributed by atoms with Crippen LogP contribution in [0.4, 0.5) is 8.78 Å². The molecule has 3 aromatic carbocycles. The molecule has 0 radical (unpaired) electrons. The van der Waals surface area contributed by atoms with Crippen molar-refractivity contribution >= 4 is 27.7 Å². The van der Waals surface area contributed by atoms with Gasteiger partial charge in [0.2, 0.25) is 0 Å². The molecule has 1 aliphatic heterocycles. The first-order valence-corrected chi connectivity index (χ1v) is 13.9. The van der Waals surface area contributed by atoms with Crippen molar-refractivity contribution in [1.82, 2.24) is 4.72 Å². The Morgan fingerprint density at radius 1 is 1.03 bits per heavy atom. The molecule has 0 aromatic heterocycles. The summed E-state index contributed by atoms with van der Waals surface area (Å²) < 4.78 is 62.0. The lowest BCUT2D eigenvalue weighted by Crippen LogP contribution is -2.32. The molecular weight excluding hydrogens is 520 g/mol. The number of amides is 1. The average molecular weight is 546 g/mol. The monoisotopic (exact) mass is 545 g/mol. The molecule has 0 spiro atoms. The van der Waals surface area contributed by atoms with E-state index in [1.807, 2.05) is 31.2 Å².